The molecule has 2 aromatic heterocycles. The lowest BCUT2D eigenvalue weighted by molar-refractivity contribution is -0.0579. The van der Waals surface area contributed by atoms with E-state index in [2.05, 4.69) is 20.5 Å². The molecular weight excluding hydrogens is 502 g/mol. The molecule has 194 valence electrons. The Kier molecular flexibility index (Phi) is 5.09. The molecule has 3 aromatic rings. The fourth-order valence-electron chi connectivity index (χ4n) is 5.87. The van der Waals surface area contributed by atoms with Crippen LogP contribution >= 0.6 is 11.6 Å². The standard InChI is InChI=1S/C26H27ClF2N6O2/c1-34-18-7-6-15(31-23-17(27)11-30-25(33-23)35-8-2-3-14-9-19(14)35)10-16(18)20-21(24(34)36)37-12-26(28,29)22(32-20)13-4-5-13/h6-7,10-11,13-14,19,22,32H,2-5,8-9,12H2,1H3,(H,30,31,33)/t14?,19?,22-/m0/s1. The van der Waals surface area contributed by atoms with E-state index in [4.69, 9.17) is 21.3 Å². The Labute approximate surface area is 217 Å². The van der Waals surface area contributed by atoms with Crippen LogP contribution in [0, 0.1) is 11.8 Å². The molecule has 1 saturated heterocycles. The van der Waals surface area contributed by atoms with Crippen molar-refractivity contribution in [2.24, 2.45) is 18.9 Å². The van der Waals surface area contributed by atoms with Crippen molar-refractivity contribution in [3.05, 3.63) is 39.8 Å². The van der Waals surface area contributed by atoms with Crippen LogP contribution in [0.4, 0.5) is 31.9 Å². The van der Waals surface area contributed by atoms with Gasteiger partial charge in [-0.05, 0) is 62.1 Å². The van der Waals surface area contributed by atoms with Crippen LogP contribution in [-0.4, -0.2) is 45.7 Å². The Hall–Kier alpha value is -3.14. The number of nitrogens with zero attached hydrogens (tertiary/aromatic N) is 4. The number of anilines is 4. The van der Waals surface area contributed by atoms with E-state index < -0.39 is 24.1 Å². The number of hydrogen-bond acceptors (Lipinski definition) is 7. The van der Waals surface area contributed by atoms with E-state index >= 15 is 0 Å². The maximum atomic E-state index is 14.9. The highest BCUT2D eigenvalue weighted by molar-refractivity contribution is 6.33. The lowest BCUT2D eigenvalue weighted by atomic mass is 10.0. The first-order chi connectivity index (χ1) is 17.8. The molecule has 2 N–H and O–H groups in total. The Bertz CT molecular complexity index is 1480. The van der Waals surface area contributed by atoms with E-state index in [9.17, 15) is 13.6 Å². The van der Waals surface area contributed by atoms with Crippen LogP contribution in [0.1, 0.15) is 32.1 Å². The maximum Gasteiger partial charge on any atom is 0.301 e. The summed E-state index contributed by atoms with van der Waals surface area (Å²) in [5.74, 6) is -1.47. The highest BCUT2D eigenvalue weighted by Gasteiger charge is 2.51. The molecule has 3 fully saturated rings. The molecule has 2 aliphatic heterocycles. The van der Waals surface area contributed by atoms with Gasteiger partial charge >= 0.3 is 5.92 Å². The number of alkyl halides is 2. The maximum absolute atomic E-state index is 14.9. The number of pyridine rings is 1. The number of rotatable bonds is 4. The van der Waals surface area contributed by atoms with Crippen molar-refractivity contribution in [2.45, 2.75) is 50.1 Å². The highest BCUT2D eigenvalue weighted by Crippen LogP contribution is 2.46. The molecule has 8 nitrogen and oxygen atoms in total. The second kappa shape index (κ2) is 8.18. The number of halogens is 3. The molecule has 4 aliphatic rings. The van der Waals surface area contributed by atoms with E-state index in [1.807, 2.05) is 12.1 Å². The van der Waals surface area contributed by atoms with E-state index in [0.29, 0.717) is 45.1 Å². The third kappa shape index (κ3) is 3.88. The zero-order chi connectivity index (χ0) is 25.5. The van der Waals surface area contributed by atoms with Crippen molar-refractivity contribution in [1.29, 1.82) is 0 Å². The topological polar surface area (TPSA) is 84.3 Å². The van der Waals surface area contributed by atoms with E-state index in [1.165, 1.54) is 17.4 Å². The molecule has 4 heterocycles. The molecule has 1 aromatic carbocycles. The van der Waals surface area contributed by atoms with Crippen LogP contribution in [-0.2, 0) is 7.05 Å². The summed E-state index contributed by atoms with van der Waals surface area (Å²) < 4.78 is 36.7. The summed E-state index contributed by atoms with van der Waals surface area (Å²) in [6.45, 7) is 0.0986. The first-order valence-corrected chi connectivity index (χ1v) is 13.2. The lowest BCUT2D eigenvalue weighted by Gasteiger charge is -2.27. The predicted molar refractivity (Wildman–Crippen MR) is 139 cm³/mol. The predicted octanol–water partition coefficient (Wildman–Crippen LogP) is 4.93. The smallest absolute Gasteiger partial charge is 0.301 e. The number of nitrogens with one attached hydrogen (secondary N) is 2. The van der Waals surface area contributed by atoms with E-state index in [0.717, 1.165) is 31.7 Å². The number of fused-ring (bicyclic) bond motifs is 4. The summed E-state index contributed by atoms with van der Waals surface area (Å²) in [7, 11) is 1.61. The third-order valence-electron chi connectivity index (χ3n) is 8.12. The van der Waals surface area contributed by atoms with Gasteiger partial charge in [-0.2, -0.15) is 4.98 Å². The normalized spacial score (nSPS) is 25.9. The summed E-state index contributed by atoms with van der Waals surface area (Å²) in [5, 5.41) is 7.27. The average Bonchev–Trinajstić information content (AvgIpc) is 3.79. The first-order valence-electron chi connectivity index (χ1n) is 12.8. The number of piperidine rings is 1. The molecule has 11 heteroatoms. The second-order valence-corrected chi connectivity index (χ2v) is 11.1. The quantitative estimate of drug-likeness (QED) is 0.496. The number of ether oxygens (including phenoxy) is 1. The third-order valence-corrected chi connectivity index (χ3v) is 8.40. The molecule has 0 spiro atoms. The molecule has 3 atom stereocenters. The molecule has 37 heavy (non-hydrogen) atoms. The molecule has 2 aliphatic carbocycles. The number of aryl methyl sites for hydroxylation is 1. The Morgan fingerprint density at radius 2 is 2.08 bits per heavy atom. The minimum atomic E-state index is -3.09. The SMILES string of the molecule is Cn1c(=O)c2c(c3cc(Nc4nc(N5CCCC6CC65)ncc4Cl)ccc31)N[C@@H](C1CC1)C(F)(F)CO2. The molecule has 0 radical (unpaired) electrons. The van der Waals surface area contributed by atoms with Gasteiger partial charge in [-0.15, -0.1) is 0 Å². The van der Waals surface area contributed by atoms with Gasteiger partial charge in [0.1, 0.15) is 5.02 Å². The molecule has 2 saturated carbocycles. The lowest BCUT2D eigenvalue weighted by Crippen LogP contribution is -2.44. The van der Waals surface area contributed by atoms with Gasteiger partial charge in [0.05, 0.1) is 23.4 Å². The van der Waals surface area contributed by atoms with Crippen LogP contribution in [0.2, 0.25) is 5.02 Å². The summed E-state index contributed by atoms with van der Waals surface area (Å²) in [6, 6.07) is 4.83. The molecule has 0 bridgehead atoms. The summed E-state index contributed by atoms with van der Waals surface area (Å²) in [4.78, 5) is 24.5. The summed E-state index contributed by atoms with van der Waals surface area (Å²) in [5.41, 5.74) is 1.11. The largest absolute Gasteiger partial charge is 0.480 e. The highest BCUT2D eigenvalue weighted by atomic mass is 35.5. The zero-order valence-electron chi connectivity index (χ0n) is 20.3. The Morgan fingerprint density at radius 1 is 1.24 bits per heavy atom. The van der Waals surface area contributed by atoms with Gasteiger partial charge in [0.25, 0.3) is 5.56 Å². The van der Waals surface area contributed by atoms with Gasteiger partial charge in [0.2, 0.25) is 11.7 Å². The minimum absolute atomic E-state index is 0.0820. The van der Waals surface area contributed by atoms with Crippen molar-refractivity contribution < 1.29 is 13.5 Å². The number of aromatic nitrogens is 3. The zero-order valence-corrected chi connectivity index (χ0v) is 21.1. The van der Waals surface area contributed by atoms with Crippen molar-refractivity contribution in [2.75, 3.05) is 28.7 Å². The molecular formula is C26H27ClF2N6O2. The van der Waals surface area contributed by atoms with Gasteiger partial charge in [-0.25, -0.2) is 13.8 Å². The van der Waals surface area contributed by atoms with Crippen LogP contribution in [0.15, 0.2) is 29.2 Å². The second-order valence-electron chi connectivity index (χ2n) is 10.7. The van der Waals surface area contributed by atoms with Crippen LogP contribution in [0.25, 0.3) is 10.9 Å². The fourth-order valence-corrected chi connectivity index (χ4v) is 6.01. The van der Waals surface area contributed by atoms with Crippen LogP contribution < -0.4 is 25.8 Å². The van der Waals surface area contributed by atoms with Gasteiger partial charge < -0.3 is 24.8 Å². The first kappa shape index (κ1) is 23.0. The fraction of sp³-hybridized carbons (Fsp3) is 0.500. The van der Waals surface area contributed by atoms with E-state index in [1.54, 1.807) is 19.3 Å². The van der Waals surface area contributed by atoms with Gasteiger partial charge in [-0.1, -0.05) is 11.6 Å². The summed E-state index contributed by atoms with van der Waals surface area (Å²) in [6.07, 6.45) is 6.62. The van der Waals surface area contributed by atoms with E-state index in [-0.39, 0.29) is 11.7 Å². The molecule has 0 amide bonds. The Morgan fingerprint density at radius 3 is 2.89 bits per heavy atom. The Balaban J connectivity index is 1.28. The summed E-state index contributed by atoms with van der Waals surface area (Å²) >= 11 is 6.46. The number of hydrogen-bond donors (Lipinski definition) is 2. The van der Waals surface area contributed by atoms with Gasteiger partial charge in [0.15, 0.2) is 12.4 Å². The number of benzene rings is 1. The molecule has 7 rings (SSSR count). The van der Waals surface area contributed by atoms with Crippen LogP contribution in [0.5, 0.6) is 5.75 Å². The van der Waals surface area contributed by atoms with Crippen molar-refractivity contribution >= 4 is 45.6 Å². The minimum Gasteiger partial charge on any atom is -0.480 e. The van der Waals surface area contributed by atoms with Crippen molar-refractivity contribution in [3.8, 4) is 5.75 Å². The van der Waals surface area contributed by atoms with Crippen molar-refractivity contribution in [3.63, 3.8) is 0 Å². The van der Waals surface area contributed by atoms with Gasteiger partial charge in [-0.3, -0.25) is 4.79 Å². The molecule has 2 unspecified atom stereocenters. The average molecular weight is 529 g/mol. The van der Waals surface area contributed by atoms with Crippen molar-refractivity contribution in [1.82, 2.24) is 14.5 Å². The van der Waals surface area contributed by atoms with Gasteiger partial charge in [0, 0.05) is 30.7 Å². The van der Waals surface area contributed by atoms with Crippen LogP contribution in [0.3, 0.4) is 0 Å². The monoisotopic (exact) mass is 528 g/mol.